The molecule has 1 nitrogen and oxygen atoms in total. The van der Waals surface area contributed by atoms with Gasteiger partial charge in [-0.25, -0.2) is 0 Å². The van der Waals surface area contributed by atoms with Gasteiger partial charge in [-0.05, 0) is 142 Å². The van der Waals surface area contributed by atoms with Gasteiger partial charge in [-0.1, -0.05) is 225 Å². The Morgan fingerprint density at radius 2 is 0.612 bits per heavy atom. The zero-order valence-corrected chi connectivity index (χ0v) is 42.7. The van der Waals surface area contributed by atoms with Crippen LogP contribution < -0.4 is 4.74 Å². The molecule has 3 heteroatoms. The molecule has 0 radical (unpaired) electrons. The second kappa shape index (κ2) is 25.1. The van der Waals surface area contributed by atoms with Crippen LogP contribution in [0, 0.1) is 0 Å². The number of aryl methyl sites for hydroxylation is 4. The molecule has 0 atom stereocenters. The maximum absolute atomic E-state index is 8.20. The van der Waals surface area contributed by atoms with Gasteiger partial charge in [0.05, 0.1) is 9.79 Å². The highest BCUT2D eigenvalue weighted by atomic mass is 32.2. The summed E-state index contributed by atoms with van der Waals surface area (Å²) >= 11 is 3.71. The minimum Gasteiger partial charge on any atom is -0.454 e. The third-order valence-corrected chi connectivity index (χ3v) is 16.0. The lowest BCUT2D eigenvalue weighted by molar-refractivity contribution is 0.471. The molecule has 8 aromatic carbocycles. The van der Waals surface area contributed by atoms with Crippen molar-refractivity contribution in [3.05, 3.63) is 156 Å². The van der Waals surface area contributed by atoms with Crippen LogP contribution in [-0.4, -0.2) is 0 Å². The average Bonchev–Trinajstić information content (AvgIpc) is 3.36. The third-order valence-electron chi connectivity index (χ3n) is 13.9. The van der Waals surface area contributed by atoms with Crippen LogP contribution in [0.25, 0.3) is 43.1 Å². The van der Waals surface area contributed by atoms with Crippen molar-refractivity contribution in [2.75, 3.05) is 0 Å². The number of benzene rings is 8. The van der Waals surface area contributed by atoms with Crippen LogP contribution >= 0.6 is 23.5 Å². The van der Waals surface area contributed by atoms with E-state index >= 15 is 0 Å². The summed E-state index contributed by atoms with van der Waals surface area (Å²) in [5, 5.41) is 11.0. The Morgan fingerprint density at radius 1 is 0.299 bits per heavy atom. The van der Waals surface area contributed by atoms with Gasteiger partial charge in [0.25, 0.3) is 0 Å². The van der Waals surface area contributed by atoms with E-state index in [9.17, 15) is 0 Å². The van der Waals surface area contributed by atoms with Crippen LogP contribution in [0.5, 0.6) is 11.5 Å². The fourth-order valence-electron chi connectivity index (χ4n) is 10.5. The fourth-order valence-corrected chi connectivity index (χ4v) is 12.3. The van der Waals surface area contributed by atoms with Crippen molar-refractivity contribution in [2.45, 2.75) is 176 Å². The number of unbranched alkanes of at least 4 members (excludes halogenated alkanes) is 12. The molecular weight excluding hydrogens is 849 g/mol. The predicted octanol–water partition coefficient (Wildman–Crippen LogP) is 20.9. The molecule has 0 aliphatic heterocycles. The van der Waals surface area contributed by atoms with E-state index in [0.717, 1.165) is 50.0 Å². The molecule has 0 amide bonds. The maximum atomic E-state index is 8.20. The Balaban J connectivity index is 1.47. The smallest absolute Gasteiger partial charge is 0.149 e. The lowest BCUT2D eigenvalue weighted by Crippen LogP contribution is -2.03. The SMILES string of the molecule is CCCCCCc1c2ccccc2c(CCCCCC)c2c(Oc3c(Sc4ccccc4)ccc4c(CCCCCC)c5ccccc5c(CCCCCC)c34)c(Sc3ccccc3)ccc12. The minimum atomic E-state index is 1.02. The zero-order valence-electron chi connectivity index (χ0n) is 41.1. The molecule has 8 rings (SSSR count). The van der Waals surface area contributed by atoms with E-state index in [0.29, 0.717) is 0 Å². The van der Waals surface area contributed by atoms with Gasteiger partial charge < -0.3 is 4.74 Å². The largest absolute Gasteiger partial charge is 0.454 e. The first-order chi connectivity index (χ1) is 33.1. The first kappa shape index (κ1) is 48.7. The number of fused-ring (bicyclic) bond motifs is 4. The Kier molecular flexibility index (Phi) is 18.2. The summed E-state index contributed by atoms with van der Waals surface area (Å²) < 4.78 is 8.20. The van der Waals surface area contributed by atoms with Crippen LogP contribution in [0.2, 0.25) is 0 Å². The van der Waals surface area contributed by atoms with Crippen molar-refractivity contribution < 1.29 is 4.74 Å². The summed E-state index contributed by atoms with van der Waals surface area (Å²) in [6.07, 6.45) is 23.9. The monoisotopic (exact) mass is 923 g/mol. The molecule has 8 aromatic rings. The lowest BCUT2D eigenvalue weighted by atomic mass is 9.86. The van der Waals surface area contributed by atoms with Gasteiger partial charge in [0, 0.05) is 20.6 Å². The van der Waals surface area contributed by atoms with Crippen molar-refractivity contribution in [1.29, 1.82) is 0 Å². The van der Waals surface area contributed by atoms with E-state index < -0.39 is 0 Å². The molecule has 0 bridgehead atoms. The van der Waals surface area contributed by atoms with Crippen LogP contribution in [0.1, 0.15) is 153 Å². The molecule has 67 heavy (non-hydrogen) atoms. The Morgan fingerprint density at radius 3 is 0.955 bits per heavy atom. The molecule has 0 saturated heterocycles. The van der Waals surface area contributed by atoms with Crippen molar-refractivity contribution >= 4 is 66.6 Å². The van der Waals surface area contributed by atoms with Crippen LogP contribution in [-0.2, 0) is 25.7 Å². The van der Waals surface area contributed by atoms with Crippen molar-refractivity contribution in [1.82, 2.24) is 0 Å². The first-order valence-corrected chi connectivity index (χ1v) is 27.9. The van der Waals surface area contributed by atoms with Gasteiger partial charge >= 0.3 is 0 Å². The zero-order chi connectivity index (χ0) is 46.2. The van der Waals surface area contributed by atoms with Crippen LogP contribution in [0.4, 0.5) is 0 Å². The summed E-state index contributed by atoms with van der Waals surface area (Å²) in [6.45, 7) is 9.29. The molecule has 0 N–H and O–H groups in total. The summed E-state index contributed by atoms with van der Waals surface area (Å²) in [6, 6.07) is 50.4. The van der Waals surface area contributed by atoms with E-state index in [2.05, 4.69) is 161 Å². The highest BCUT2D eigenvalue weighted by Gasteiger charge is 2.26. The fraction of sp³-hybridized carbons (Fsp3) is 0.375. The predicted molar refractivity (Wildman–Crippen MR) is 295 cm³/mol. The van der Waals surface area contributed by atoms with Crippen LogP contribution in [0.15, 0.2) is 153 Å². The van der Waals surface area contributed by atoms with E-state index in [-0.39, 0.29) is 0 Å². The number of ether oxygens (including phenoxy) is 1. The van der Waals surface area contributed by atoms with E-state index in [1.165, 1.54) is 175 Å². The normalized spacial score (nSPS) is 11.7. The molecule has 0 unspecified atom stereocenters. The summed E-state index contributed by atoms with van der Waals surface area (Å²) in [5.74, 6) is 2.05. The number of rotatable bonds is 26. The van der Waals surface area contributed by atoms with Gasteiger partial charge in [-0.2, -0.15) is 0 Å². The molecule has 0 aliphatic carbocycles. The molecule has 0 aliphatic rings. The second-order valence-electron chi connectivity index (χ2n) is 18.8. The molecule has 0 saturated carbocycles. The van der Waals surface area contributed by atoms with Gasteiger partial charge in [0.2, 0.25) is 0 Å². The lowest BCUT2D eigenvalue weighted by Gasteiger charge is -2.25. The summed E-state index contributed by atoms with van der Waals surface area (Å²) in [7, 11) is 0. The highest BCUT2D eigenvalue weighted by Crippen LogP contribution is 2.52. The van der Waals surface area contributed by atoms with E-state index in [1.807, 2.05) is 23.5 Å². The maximum Gasteiger partial charge on any atom is 0.149 e. The highest BCUT2D eigenvalue weighted by molar-refractivity contribution is 7.99. The standard InChI is InChI=1S/C64H74OS2/c1-5-9-13-23-35-53-49-37-27-29-39-51(49)55(41-25-15-11-7-3)61-57(53)43-45-59(66-47-31-19-17-20-32-47)63(61)65-64-60(67-48-33-21-18-22-34-48)46-44-58-54(36-24-14-10-6-2)50-38-28-30-40-52(50)56(62(58)64)42-26-16-12-8-4/h17-22,27-34,37-40,43-46H,5-16,23-26,35-36,41-42H2,1-4H3. The number of hydrogen-bond donors (Lipinski definition) is 0. The van der Waals surface area contributed by atoms with E-state index in [4.69, 9.17) is 4.74 Å². The molecule has 0 spiro atoms. The Hall–Kier alpha value is -4.70. The van der Waals surface area contributed by atoms with Crippen molar-refractivity contribution in [3.63, 3.8) is 0 Å². The molecule has 348 valence electrons. The number of hydrogen-bond acceptors (Lipinski definition) is 3. The van der Waals surface area contributed by atoms with Crippen LogP contribution in [0.3, 0.4) is 0 Å². The van der Waals surface area contributed by atoms with Gasteiger partial charge in [-0.15, -0.1) is 0 Å². The minimum absolute atomic E-state index is 1.02. The first-order valence-electron chi connectivity index (χ1n) is 26.3. The molecule has 0 heterocycles. The van der Waals surface area contributed by atoms with Gasteiger partial charge in [0.1, 0.15) is 11.5 Å². The Labute approximate surface area is 411 Å². The van der Waals surface area contributed by atoms with Gasteiger partial charge in [-0.3, -0.25) is 0 Å². The average molecular weight is 923 g/mol. The van der Waals surface area contributed by atoms with E-state index in [1.54, 1.807) is 0 Å². The topological polar surface area (TPSA) is 9.23 Å². The summed E-state index contributed by atoms with van der Waals surface area (Å²) in [4.78, 5) is 4.81. The Bertz CT molecular complexity index is 2630. The molecular formula is C64H74OS2. The molecule has 0 fully saturated rings. The molecule has 0 aromatic heterocycles. The third kappa shape index (κ3) is 11.8. The second-order valence-corrected chi connectivity index (χ2v) is 21.0. The summed E-state index contributed by atoms with van der Waals surface area (Å²) in [5.41, 5.74) is 5.86. The van der Waals surface area contributed by atoms with Gasteiger partial charge in [0.15, 0.2) is 0 Å². The quantitative estimate of drug-likeness (QED) is 0.0396. The van der Waals surface area contributed by atoms with Crippen molar-refractivity contribution in [3.8, 4) is 11.5 Å². The van der Waals surface area contributed by atoms with Crippen molar-refractivity contribution in [2.24, 2.45) is 0 Å².